The van der Waals surface area contributed by atoms with Gasteiger partial charge in [-0.2, -0.15) is 0 Å². The SMILES string of the molecule is COC(=O)c1ccc(CN(C)CC2CCCN2Cc2ccc(Oc3ccc(Br)cc3)cc2)cc1. The summed E-state index contributed by atoms with van der Waals surface area (Å²) >= 11 is 3.45. The number of carbonyl (C=O) groups is 1. The lowest BCUT2D eigenvalue weighted by Gasteiger charge is -2.29. The summed E-state index contributed by atoms with van der Waals surface area (Å²) < 4.78 is 11.8. The quantitative estimate of drug-likeness (QED) is 0.316. The first-order valence-corrected chi connectivity index (χ1v) is 12.4. The van der Waals surface area contributed by atoms with Gasteiger partial charge in [0.2, 0.25) is 0 Å². The largest absolute Gasteiger partial charge is 0.465 e. The molecule has 0 radical (unpaired) electrons. The zero-order valence-corrected chi connectivity index (χ0v) is 21.3. The maximum atomic E-state index is 11.6. The highest BCUT2D eigenvalue weighted by molar-refractivity contribution is 9.10. The molecule has 5 nitrogen and oxygen atoms in total. The van der Waals surface area contributed by atoms with Crippen LogP contribution in [0.1, 0.15) is 34.3 Å². The Labute approximate surface area is 210 Å². The standard InChI is InChI=1S/C28H31BrN2O3/c1-30(18-21-5-9-23(10-6-21)28(32)33-2)20-25-4-3-17-31(25)19-22-7-13-26(14-8-22)34-27-15-11-24(29)12-16-27/h5-16,25H,3-4,17-20H2,1-2H3. The highest BCUT2D eigenvalue weighted by atomic mass is 79.9. The van der Waals surface area contributed by atoms with Gasteiger partial charge in [0.15, 0.2) is 0 Å². The van der Waals surface area contributed by atoms with Gasteiger partial charge < -0.3 is 14.4 Å². The molecule has 0 amide bonds. The summed E-state index contributed by atoms with van der Waals surface area (Å²) in [5, 5.41) is 0. The Morgan fingerprint density at radius 2 is 1.59 bits per heavy atom. The maximum Gasteiger partial charge on any atom is 0.337 e. The van der Waals surface area contributed by atoms with Gasteiger partial charge in [-0.25, -0.2) is 4.79 Å². The van der Waals surface area contributed by atoms with E-state index in [4.69, 9.17) is 9.47 Å². The molecule has 0 N–H and O–H groups in total. The second-order valence-electron chi connectivity index (χ2n) is 8.85. The van der Waals surface area contributed by atoms with Gasteiger partial charge in [-0.05, 0) is 86.1 Å². The predicted molar refractivity (Wildman–Crippen MR) is 138 cm³/mol. The third kappa shape index (κ3) is 6.69. The Bertz CT molecular complexity index is 1070. The van der Waals surface area contributed by atoms with Gasteiger partial charge in [0.05, 0.1) is 12.7 Å². The van der Waals surface area contributed by atoms with Crippen LogP contribution in [0.15, 0.2) is 77.3 Å². The summed E-state index contributed by atoms with van der Waals surface area (Å²) in [5.74, 6) is 1.38. The molecule has 0 spiro atoms. The van der Waals surface area contributed by atoms with Crippen LogP contribution in [0.4, 0.5) is 0 Å². The van der Waals surface area contributed by atoms with Crippen molar-refractivity contribution >= 4 is 21.9 Å². The summed E-state index contributed by atoms with van der Waals surface area (Å²) in [6.45, 7) is 3.95. The van der Waals surface area contributed by atoms with E-state index in [2.05, 4.69) is 44.9 Å². The number of hydrogen-bond donors (Lipinski definition) is 0. The Morgan fingerprint density at radius 1 is 0.971 bits per heavy atom. The summed E-state index contributed by atoms with van der Waals surface area (Å²) in [6.07, 6.45) is 2.45. The van der Waals surface area contributed by atoms with Crippen LogP contribution in [0.2, 0.25) is 0 Å². The first-order chi connectivity index (χ1) is 16.5. The van der Waals surface area contributed by atoms with E-state index in [0.29, 0.717) is 11.6 Å². The monoisotopic (exact) mass is 522 g/mol. The van der Waals surface area contributed by atoms with Crippen LogP contribution in [0, 0.1) is 0 Å². The fraction of sp³-hybridized carbons (Fsp3) is 0.321. The second kappa shape index (κ2) is 11.6. The lowest BCUT2D eigenvalue weighted by Crippen LogP contribution is -2.38. The Hall–Kier alpha value is -2.67. The van der Waals surface area contributed by atoms with Crippen molar-refractivity contribution in [3.63, 3.8) is 0 Å². The molecule has 0 aromatic heterocycles. The van der Waals surface area contributed by atoms with E-state index < -0.39 is 0 Å². The van der Waals surface area contributed by atoms with Gasteiger partial charge in [0.1, 0.15) is 11.5 Å². The fourth-order valence-corrected chi connectivity index (χ4v) is 4.71. The van der Waals surface area contributed by atoms with Gasteiger partial charge in [-0.15, -0.1) is 0 Å². The van der Waals surface area contributed by atoms with Crippen molar-refractivity contribution in [2.24, 2.45) is 0 Å². The number of benzene rings is 3. The number of likely N-dealkylation sites (tertiary alicyclic amines) is 1. The zero-order chi connectivity index (χ0) is 23.9. The van der Waals surface area contributed by atoms with Crippen LogP contribution in [-0.2, 0) is 17.8 Å². The number of ether oxygens (including phenoxy) is 2. The average molecular weight is 523 g/mol. The molecule has 6 heteroatoms. The minimum Gasteiger partial charge on any atom is -0.465 e. The third-order valence-corrected chi connectivity index (χ3v) is 6.74. The lowest BCUT2D eigenvalue weighted by atomic mass is 10.1. The molecule has 1 unspecified atom stereocenters. The van der Waals surface area contributed by atoms with E-state index in [1.165, 1.54) is 31.1 Å². The fourth-order valence-electron chi connectivity index (χ4n) is 4.45. The Kier molecular flexibility index (Phi) is 8.38. The number of esters is 1. The zero-order valence-electron chi connectivity index (χ0n) is 19.7. The Morgan fingerprint density at radius 3 is 2.24 bits per heavy atom. The van der Waals surface area contributed by atoms with Gasteiger partial charge in [-0.3, -0.25) is 4.90 Å². The molecule has 1 saturated heterocycles. The van der Waals surface area contributed by atoms with Crippen LogP contribution in [0.5, 0.6) is 11.5 Å². The first kappa shape index (κ1) is 24.5. The lowest BCUT2D eigenvalue weighted by molar-refractivity contribution is 0.0600. The van der Waals surface area contributed by atoms with Crippen LogP contribution >= 0.6 is 15.9 Å². The normalized spacial score (nSPS) is 16.1. The minimum absolute atomic E-state index is 0.297. The van der Waals surface area contributed by atoms with Gasteiger partial charge in [0.25, 0.3) is 0 Å². The van der Waals surface area contributed by atoms with Crippen molar-refractivity contribution in [3.8, 4) is 11.5 Å². The first-order valence-electron chi connectivity index (χ1n) is 11.6. The van der Waals surface area contributed by atoms with E-state index in [-0.39, 0.29) is 5.97 Å². The number of carbonyl (C=O) groups excluding carboxylic acids is 1. The van der Waals surface area contributed by atoms with E-state index in [0.717, 1.165) is 42.2 Å². The maximum absolute atomic E-state index is 11.6. The molecule has 178 valence electrons. The minimum atomic E-state index is -0.297. The molecule has 1 aliphatic heterocycles. The Balaban J connectivity index is 1.29. The van der Waals surface area contributed by atoms with Gasteiger partial charge in [-0.1, -0.05) is 40.2 Å². The van der Waals surface area contributed by atoms with Crippen LogP contribution in [-0.4, -0.2) is 49.1 Å². The number of likely N-dealkylation sites (N-methyl/N-ethyl adjacent to an activating group) is 1. The van der Waals surface area contributed by atoms with Crippen LogP contribution < -0.4 is 4.74 Å². The number of halogens is 1. The topological polar surface area (TPSA) is 42.0 Å². The highest BCUT2D eigenvalue weighted by Gasteiger charge is 2.25. The van der Waals surface area contributed by atoms with Crippen molar-refractivity contribution in [2.45, 2.75) is 32.0 Å². The van der Waals surface area contributed by atoms with Crippen molar-refractivity contribution in [2.75, 3.05) is 27.2 Å². The van der Waals surface area contributed by atoms with Crippen molar-refractivity contribution < 1.29 is 14.3 Å². The average Bonchev–Trinajstić information content (AvgIpc) is 3.28. The van der Waals surface area contributed by atoms with Crippen LogP contribution in [0.25, 0.3) is 0 Å². The summed E-state index contributed by atoms with van der Waals surface area (Å²) in [7, 11) is 3.57. The van der Waals surface area contributed by atoms with Crippen molar-refractivity contribution in [1.29, 1.82) is 0 Å². The highest BCUT2D eigenvalue weighted by Crippen LogP contribution is 2.25. The number of nitrogens with zero attached hydrogens (tertiary/aromatic N) is 2. The van der Waals surface area contributed by atoms with Crippen LogP contribution in [0.3, 0.4) is 0 Å². The molecule has 1 atom stereocenters. The predicted octanol–water partition coefficient (Wildman–Crippen LogP) is 6.12. The number of hydrogen-bond acceptors (Lipinski definition) is 5. The van der Waals surface area contributed by atoms with E-state index in [1.807, 2.05) is 60.7 Å². The number of rotatable bonds is 9. The van der Waals surface area contributed by atoms with E-state index >= 15 is 0 Å². The molecule has 0 aliphatic carbocycles. The molecule has 0 saturated carbocycles. The molecule has 1 aliphatic rings. The smallest absolute Gasteiger partial charge is 0.337 e. The summed E-state index contributed by atoms with van der Waals surface area (Å²) in [4.78, 5) is 16.6. The third-order valence-electron chi connectivity index (χ3n) is 6.21. The molecular weight excluding hydrogens is 492 g/mol. The molecule has 3 aromatic rings. The van der Waals surface area contributed by atoms with Gasteiger partial charge in [0, 0.05) is 30.1 Å². The molecular formula is C28H31BrN2O3. The summed E-state index contributed by atoms with van der Waals surface area (Å²) in [5.41, 5.74) is 3.08. The molecule has 1 fully saturated rings. The molecule has 3 aromatic carbocycles. The molecule has 34 heavy (non-hydrogen) atoms. The second-order valence-corrected chi connectivity index (χ2v) is 9.77. The van der Waals surface area contributed by atoms with Gasteiger partial charge >= 0.3 is 5.97 Å². The van der Waals surface area contributed by atoms with Crippen molar-refractivity contribution in [1.82, 2.24) is 9.80 Å². The van der Waals surface area contributed by atoms with E-state index in [1.54, 1.807) is 0 Å². The van der Waals surface area contributed by atoms with E-state index in [9.17, 15) is 4.79 Å². The summed E-state index contributed by atoms with van der Waals surface area (Å²) in [6, 6.07) is 24.5. The number of methoxy groups -OCH3 is 1. The molecule has 0 bridgehead atoms. The molecule has 1 heterocycles. The van der Waals surface area contributed by atoms with Crippen molar-refractivity contribution in [3.05, 3.63) is 94.0 Å². The molecule has 4 rings (SSSR count).